The van der Waals surface area contributed by atoms with E-state index < -0.39 is 10.8 Å². The summed E-state index contributed by atoms with van der Waals surface area (Å²) >= 11 is 1.59. The minimum absolute atomic E-state index is 0.00830. The number of allylic oxidation sites excluding steroid dienone is 3. The van der Waals surface area contributed by atoms with E-state index in [1.54, 1.807) is 22.3 Å². The number of non-ortho nitro benzene ring substituents is 1. The molecule has 1 atom stereocenters. The number of nitro benzene ring substituents is 1. The Bertz CT molecular complexity index is 1280. The average Bonchev–Trinajstić information content (AvgIpc) is 3.22. The fourth-order valence-corrected chi connectivity index (χ4v) is 5.83. The van der Waals surface area contributed by atoms with Crippen molar-refractivity contribution in [2.45, 2.75) is 52.9 Å². The number of benzene rings is 1. The normalized spacial score (nSPS) is 20.0. The quantitative estimate of drug-likeness (QED) is 0.476. The van der Waals surface area contributed by atoms with Crippen molar-refractivity contribution < 1.29 is 9.72 Å². The summed E-state index contributed by atoms with van der Waals surface area (Å²) in [6.07, 6.45) is 1.80. The van der Waals surface area contributed by atoms with Crippen LogP contribution in [0.3, 0.4) is 0 Å². The number of nitriles is 1. The molecule has 0 unspecified atom stereocenters. The largest absolute Gasteiger partial charge is 0.384 e. The van der Waals surface area contributed by atoms with Crippen molar-refractivity contribution in [2.75, 3.05) is 4.90 Å². The third-order valence-corrected chi connectivity index (χ3v) is 7.64. The van der Waals surface area contributed by atoms with E-state index in [2.05, 4.69) is 13.0 Å². The number of aryl methyl sites for hydroxylation is 2. The Labute approximate surface area is 197 Å². The monoisotopic (exact) mass is 462 g/mol. The Kier molecular flexibility index (Phi) is 5.62. The smallest absolute Gasteiger partial charge is 0.271 e. The summed E-state index contributed by atoms with van der Waals surface area (Å²) in [4.78, 5) is 28.4. The van der Waals surface area contributed by atoms with Gasteiger partial charge in [0.2, 0.25) is 0 Å². The number of nitrogens with zero attached hydrogens (tertiary/aromatic N) is 3. The first-order chi connectivity index (χ1) is 15.6. The van der Waals surface area contributed by atoms with Gasteiger partial charge in [0.25, 0.3) is 5.69 Å². The number of carbonyl (C=O) groups is 1. The van der Waals surface area contributed by atoms with Gasteiger partial charge in [0.05, 0.1) is 28.2 Å². The number of nitrogens with two attached hydrogens (primary N) is 1. The maximum atomic E-state index is 13.5. The second kappa shape index (κ2) is 8.16. The summed E-state index contributed by atoms with van der Waals surface area (Å²) in [7, 11) is 0. The van der Waals surface area contributed by atoms with Crippen LogP contribution in [0.5, 0.6) is 0 Å². The van der Waals surface area contributed by atoms with Crippen molar-refractivity contribution in [3.8, 4) is 6.07 Å². The molecule has 33 heavy (non-hydrogen) atoms. The molecule has 2 aliphatic rings. The molecular weight excluding hydrogens is 436 g/mol. The van der Waals surface area contributed by atoms with Crippen molar-refractivity contribution in [3.05, 3.63) is 78.4 Å². The standard InChI is InChI=1S/C25H26N4O3S/c1-5-16-8-9-21(33-16)22-17(13-26)24(27)28(18-10-15(29(31)32)7-6-14(18)2)19-11-25(3,4)12-20(30)23(19)22/h6-10,22H,5,11-12,27H2,1-4H3/t22-/m0/s1. The Morgan fingerprint density at radius 1 is 1.30 bits per heavy atom. The van der Waals surface area contributed by atoms with Gasteiger partial charge in [-0.25, -0.2) is 0 Å². The van der Waals surface area contributed by atoms with Crippen molar-refractivity contribution in [2.24, 2.45) is 11.1 Å². The Hall–Kier alpha value is -3.44. The molecule has 4 rings (SSSR count). The van der Waals surface area contributed by atoms with Crippen LogP contribution in [-0.2, 0) is 11.2 Å². The van der Waals surface area contributed by atoms with Crippen LogP contribution in [0.25, 0.3) is 0 Å². The van der Waals surface area contributed by atoms with Crippen LogP contribution in [-0.4, -0.2) is 10.7 Å². The van der Waals surface area contributed by atoms with Crippen LogP contribution < -0.4 is 10.6 Å². The molecule has 0 saturated heterocycles. The van der Waals surface area contributed by atoms with Gasteiger partial charge in [-0.3, -0.25) is 19.8 Å². The summed E-state index contributed by atoms with van der Waals surface area (Å²) in [5, 5.41) is 21.6. The molecular formula is C25H26N4O3S. The molecule has 2 N–H and O–H groups in total. The number of hydrogen-bond acceptors (Lipinski definition) is 7. The lowest BCUT2D eigenvalue weighted by atomic mass is 9.69. The van der Waals surface area contributed by atoms with E-state index in [-0.39, 0.29) is 22.7 Å². The molecule has 0 spiro atoms. The lowest BCUT2D eigenvalue weighted by Gasteiger charge is -2.43. The highest BCUT2D eigenvalue weighted by Crippen LogP contribution is 2.51. The second-order valence-corrected chi connectivity index (χ2v) is 10.6. The molecule has 8 heteroatoms. The Balaban J connectivity index is 2.02. The zero-order valence-electron chi connectivity index (χ0n) is 19.1. The molecule has 0 saturated carbocycles. The molecule has 1 aliphatic carbocycles. The van der Waals surface area contributed by atoms with Crippen LogP contribution >= 0.6 is 11.3 Å². The lowest BCUT2D eigenvalue weighted by molar-refractivity contribution is -0.384. The van der Waals surface area contributed by atoms with Gasteiger partial charge in [0, 0.05) is 39.6 Å². The van der Waals surface area contributed by atoms with Crippen molar-refractivity contribution in [1.29, 1.82) is 5.26 Å². The van der Waals surface area contributed by atoms with Gasteiger partial charge in [0.1, 0.15) is 5.82 Å². The molecule has 0 amide bonds. The lowest BCUT2D eigenvalue weighted by Crippen LogP contribution is -2.42. The fourth-order valence-electron chi connectivity index (χ4n) is 4.76. The summed E-state index contributed by atoms with van der Waals surface area (Å²) in [6.45, 7) is 7.97. The zero-order valence-corrected chi connectivity index (χ0v) is 20.0. The van der Waals surface area contributed by atoms with Gasteiger partial charge >= 0.3 is 0 Å². The number of thiophene rings is 1. The first-order valence-corrected chi connectivity index (χ1v) is 11.7. The summed E-state index contributed by atoms with van der Waals surface area (Å²) < 4.78 is 0. The number of Topliss-reactive ketones (excluding diaryl/α,β-unsaturated/α-hetero) is 1. The van der Waals surface area contributed by atoms with Crippen LogP contribution in [0, 0.1) is 33.8 Å². The van der Waals surface area contributed by atoms with Gasteiger partial charge in [-0.05, 0) is 42.9 Å². The van der Waals surface area contributed by atoms with Crippen LogP contribution in [0.4, 0.5) is 11.4 Å². The predicted molar refractivity (Wildman–Crippen MR) is 129 cm³/mol. The third kappa shape index (κ3) is 3.83. The number of hydrogen-bond donors (Lipinski definition) is 1. The first-order valence-electron chi connectivity index (χ1n) is 10.9. The minimum Gasteiger partial charge on any atom is -0.384 e. The van der Waals surface area contributed by atoms with E-state index in [9.17, 15) is 20.2 Å². The number of anilines is 1. The number of ketones is 1. The van der Waals surface area contributed by atoms with E-state index in [0.29, 0.717) is 29.7 Å². The number of rotatable bonds is 4. The van der Waals surface area contributed by atoms with Gasteiger partial charge in [0.15, 0.2) is 5.78 Å². The zero-order chi connectivity index (χ0) is 24.1. The highest BCUT2D eigenvalue weighted by atomic mass is 32.1. The highest BCUT2D eigenvalue weighted by molar-refractivity contribution is 7.12. The number of nitro groups is 1. The van der Waals surface area contributed by atoms with E-state index in [0.717, 1.165) is 22.6 Å². The summed E-state index contributed by atoms with van der Waals surface area (Å²) in [5.41, 5.74) is 9.17. The third-order valence-electron chi connectivity index (χ3n) is 6.34. The van der Waals surface area contributed by atoms with E-state index in [1.165, 1.54) is 17.0 Å². The molecule has 1 aromatic heterocycles. The number of carbonyl (C=O) groups excluding carboxylic acids is 1. The highest BCUT2D eigenvalue weighted by Gasteiger charge is 2.45. The molecule has 2 aromatic rings. The topological polar surface area (TPSA) is 113 Å². The fraction of sp³-hybridized carbons (Fsp3) is 0.360. The van der Waals surface area contributed by atoms with E-state index in [4.69, 9.17) is 5.73 Å². The molecule has 1 aliphatic heterocycles. The van der Waals surface area contributed by atoms with E-state index in [1.807, 2.05) is 32.9 Å². The SMILES string of the molecule is CCc1ccc([C@@H]2C(C#N)=C(N)N(c3cc([N+](=O)[O-])ccc3C)C3=C2C(=O)CC(C)(C)C3)s1. The van der Waals surface area contributed by atoms with Crippen molar-refractivity contribution in [1.82, 2.24) is 0 Å². The van der Waals surface area contributed by atoms with Crippen molar-refractivity contribution in [3.63, 3.8) is 0 Å². The minimum atomic E-state index is -0.519. The molecule has 170 valence electrons. The molecule has 0 fully saturated rings. The maximum Gasteiger partial charge on any atom is 0.271 e. The summed E-state index contributed by atoms with van der Waals surface area (Å²) in [6, 6.07) is 10.8. The molecule has 0 radical (unpaired) electrons. The molecule has 0 bridgehead atoms. The Morgan fingerprint density at radius 3 is 2.64 bits per heavy atom. The van der Waals surface area contributed by atoms with Crippen LogP contribution in [0.2, 0.25) is 0 Å². The maximum absolute atomic E-state index is 13.5. The van der Waals surface area contributed by atoms with Crippen molar-refractivity contribution >= 4 is 28.5 Å². The first kappa shape index (κ1) is 22.7. The average molecular weight is 463 g/mol. The van der Waals surface area contributed by atoms with Crippen LogP contribution in [0.1, 0.15) is 54.8 Å². The molecule has 7 nitrogen and oxygen atoms in total. The second-order valence-electron chi connectivity index (χ2n) is 9.37. The van der Waals surface area contributed by atoms with Gasteiger partial charge < -0.3 is 5.73 Å². The van der Waals surface area contributed by atoms with E-state index >= 15 is 0 Å². The van der Waals surface area contributed by atoms with Crippen LogP contribution in [0.15, 0.2) is 53.0 Å². The molecule has 2 heterocycles. The predicted octanol–water partition coefficient (Wildman–Crippen LogP) is 5.47. The van der Waals surface area contributed by atoms with Gasteiger partial charge in [-0.15, -0.1) is 11.3 Å². The Morgan fingerprint density at radius 2 is 2.03 bits per heavy atom. The summed E-state index contributed by atoms with van der Waals surface area (Å²) in [5.74, 6) is -0.304. The van der Waals surface area contributed by atoms with Gasteiger partial charge in [-0.2, -0.15) is 5.26 Å². The van der Waals surface area contributed by atoms with Gasteiger partial charge in [-0.1, -0.05) is 26.8 Å². The molecule has 1 aromatic carbocycles.